The molecule has 0 aliphatic heterocycles. The minimum Gasteiger partial charge on any atom is -0.497 e. The average molecular weight is 376 g/mol. The van der Waals surface area contributed by atoms with Gasteiger partial charge in [0.05, 0.1) is 30.3 Å². The van der Waals surface area contributed by atoms with Gasteiger partial charge in [0.2, 0.25) is 0 Å². The number of methoxy groups -OCH3 is 1. The Morgan fingerprint density at radius 2 is 1.74 bits per heavy atom. The van der Waals surface area contributed by atoms with Crippen LogP contribution in [0.3, 0.4) is 0 Å². The smallest absolute Gasteiger partial charge is 0.416 e. The van der Waals surface area contributed by atoms with Crippen molar-refractivity contribution in [2.45, 2.75) is 13.1 Å². The third kappa shape index (κ3) is 3.84. The van der Waals surface area contributed by atoms with E-state index in [0.717, 1.165) is 12.1 Å². The van der Waals surface area contributed by atoms with E-state index in [-0.39, 0.29) is 29.0 Å². The Balaban J connectivity index is 2.22. The van der Waals surface area contributed by atoms with Gasteiger partial charge in [-0.15, -0.1) is 0 Å². The van der Waals surface area contributed by atoms with Crippen LogP contribution in [-0.4, -0.2) is 29.7 Å². The summed E-state index contributed by atoms with van der Waals surface area (Å²) in [4.78, 5) is 20.8. The van der Waals surface area contributed by atoms with E-state index in [2.05, 4.69) is 9.97 Å². The van der Waals surface area contributed by atoms with Crippen LogP contribution in [0.5, 0.6) is 5.75 Å². The van der Waals surface area contributed by atoms with Gasteiger partial charge in [-0.05, 0) is 49.4 Å². The molecule has 0 aliphatic rings. The number of rotatable bonds is 4. The highest BCUT2D eigenvalue weighted by Crippen LogP contribution is 2.32. The van der Waals surface area contributed by atoms with Crippen molar-refractivity contribution in [2.24, 2.45) is 0 Å². The molecule has 8 heteroatoms. The summed E-state index contributed by atoms with van der Waals surface area (Å²) >= 11 is 0. The van der Waals surface area contributed by atoms with Crippen LogP contribution in [0, 0.1) is 0 Å². The topological polar surface area (TPSA) is 61.3 Å². The fourth-order valence-corrected chi connectivity index (χ4v) is 2.52. The van der Waals surface area contributed by atoms with E-state index >= 15 is 0 Å². The van der Waals surface area contributed by atoms with Crippen LogP contribution >= 0.6 is 0 Å². The molecule has 27 heavy (non-hydrogen) atoms. The summed E-state index contributed by atoms with van der Waals surface area (Å²) in [7, 11) is 1.51. The number of esters is 1. The number of hydrogen-bond acceptors (Lipinski definition) is 5. The van der Waals surface area contributed by atoms with Gasteiger partial charge >= 0.3 is 12.1 Å². The third-order valence-corrected chi connectivity index (χ3v) is 3.82. The van der Waals surface area contributed by atoms with E-state index in [9.17, 15) is 18.0 Å². The summed E-state index contributed by atoms with van der Waals surface area (Å²) < 4.78 is 49.1. The first-order valence-electron chi connectivity index (χ1n) is 8.04. The molecule has 3 aromatic rings. The molecule has 0 fully saturated rings. The molecule has 0 amide bonds. The normalized spacial score (nSPS) is 11.4. The van der Waals surface area contributed by atoms with Crippen LogP contribution in [0.1, 0.15) is 23.0 Å². The first-order valence-corrected chi connectivity index (χ1v) is 8.04. The zero-order valence-electron chi connectivity index (χ0n) is 14.5. The molecule has 0 atom stereocenters. The molecule has 140 valence electrons. The van der Waals surface area contributed by atoms with E-state index in [1.807, 2.05) is 0 Å². The lowest BCUT2D eigenvalue weighted by Crippen LogP contribution is -2.11. The summed E-state index contributed by atoms with van der Waals surface area (Å²) in [6.07, 6.45) is -4.50. The molecule has 3 rings (SSSR count). The van der Waals surface area contributed by atoms with Crippen molar-refractivity contribution >= 4 is 17.0 Å². The molecule has 1 heterocycles. The second-order valence-corrected chi connectivity index (χ2v) is 5.57. The molecule has 0 radical (unpaired) electrons. The van der Waals surface area contributed by atoms with Gasteiger partial charge in [0.15, 0.2) is 5.69 Å². The first kappa shape index (κ1) is 18.6. The van der Waals surface area contributed by atoms with Gasteiger partial charge < -0.3 is 9.47 Å². The summed E-state index contributed by atoms with van der Waals surface area (Å²) in [5, 5.41) is 0. The van der Waals surface area contributed by atoms with Gasteiger partial charge in [-0.25, -0.2) is 14.8 Å². The molecule has 0 unspecified atom stereocenters. The van der Waals surface area contributed by atoms with Gasteiger partial charge in [0.1, 0.15) is 11.4 Å². The largest absolute Gasteiger partial charge is 0.497 e. The molecular formula is C19H15F3N2O3. The second kappa shape index (κ2) is 7.22. The Hall–Kier alpha value is -3.16. The van der Waals surface area contributed by atoms with Crippen molar-refractivity contribution in [2.75, 3.05) is 13.7 Å². The Morgan fingerprint density at radius 3 is 2.33 bits per heavy atom. The standard InChI is InChI=1S/C19H15F3N2O3/c1-3-27-18(25)17-16(11-4-7-13(26-2)8-5-11)24-15-10-12(19(20,21)22)6-9-14(15)23-17/h4-10H,3H2,1-2H3. The number of hydrogen-bond donors (Lipinski definition) is 0. The zero-order chi connectivity index (χ0) is 19.6. The van der Waals surface area contributed by atoms with Crippen LogP contribution in [0.2, 0.25) is 0 Å². The van der Waals surface area contributed by atoms with E-state index in [1.54, 1.807) is 31.2 Å². The van der Waals surface area contributed by atoms with Gasteiger partial charge in [0, 0.05) is 5.56 Å². The maximum atomic E-state index is 13.0. The van der Waals surface area contributed by atoms with Crippen LogP contribution in [0.15, 0.2) is 42.5 Å². The maximum Gasteiger partial charge on any atom is 0.416 e. The molecule has 0 saturated carbocycles. The minimum absolute atomic E-state index is 0.0312. The van der Waals surface area contributed by atoms with Gasteiger partial charge in [-0.3, -0.25) is 0 Å². The van der Waals surface area contributed by atoms with Gasteiger partial charge in [-0.1, -0.05) is 0 Å². The molecule has 1 aromatic heterocycles. The van der Waals surface area contributed by atoms with Crippen LogP contribution in [0.25, 0.3) is 22.3 Å². The first-order chi connectivity index (χ1) is 12.8. The number of benzene rings is 2. The molecular weight excluding hydrogens is 361 g/mol. The zero-order valence-corrected chi connectivity index (χ0v) is 14.5. The van der Waals surface area contributed by atoms with Crippen molar-refractivity contribution < 1.29 is 27.4 Å². The molecule has 0 bridgehead atoms. The molecule has 0 aliphatic carbocycles. The SMILES string of the molecule is CCOC(=O)c1nc2ccc(C(F)(F)F)cc2nc1-c1ccc(OC)cc1. The highest BCUT2D eigenvalue weighted by Gasteiger charge is 2.31. The maximum absolute atomic E-state index is 13.0. The lowest BCUT2D eigenvalue weighted by atomic mass is 10.1. The molecule has 0 saturated heterocycles. The van der Waals surface area contributed by atoms with Crippen LogP contribution in [-0.2, 0) is 10.9 Å². The van der Waals surface area contributed by atoms with Crippen molar-refractivity contribution in [1.82, 2.24) is 9.97 Å². The number of aromatic nitrogens is 2. The number of fused-ring (bicyclic) bond motifs is 1. The van der Waals surface area contributed by atoms with Crippen molar-refractivity contribution in [3.63, 3.8) is 0 Å². The van der Waals surface area contributed by atoms with Crippen LogP contribution in [0.4, 0.5) is 13.2 Å². The predicted octanol–water partition coefficient (Wildman–Crippen LogP) is 4.50. The monoisotopic (exact) mass is 376 g/mol. The van der Waals surface area contributed by atoms with Crippen molar-refractivity contribution in [3.8, 4) is 17.0 Å². The van der Waals surface area contributed by atoms with E-state index in [0.29, 0.717) is 11.3 Å². The van der Waals surface area contributed by atoms with Gasteiger partial charge in [0.25, 0.3) is 0 Å². The number of ether oxygens (including phenoxy) is 2. The Morgan fingerprint density at radius 1 is 1.04 bits per heavy atom. The summed E-state index contributed by atoms with van der Waals surface area (Å²) in [6.45, 7) is 1.78. The lowest BCUT2D eigenvalue weighted by molar-refractivity contribution is -0.137. The fraction of sp³-hybridized carbons (Fsp3) is 0.211. The Kier molecular flexibility index (Phi) is 4.98. The highest BCUT2D eigenvalue weighted by molar-refractivity contribution is 5.96. The summed E-state index contributed by atoms with van der Waals surface area (Å²) in [5.41, 5.74) is -0.0521. The number of nitrogens with zero attached hydrogens (tertiary/aromatic N) is 2. The van der Waals surface area contributed by atoms with Crippen molar-refractivity contribution in [1.29, 1.82) is 0 Å². The second-order valence-electron chi connectivity index (χ2n) is 5.57. The molecule has 5 nitrogen and oxygen atoms in total. The summed E-state index contributed by atoms with van der Waals surface area (Å²) in [6, 6.07) is 9.59. The van der Waals surface area contributed by atoms with Crippen LogP contribution < -0.4 is 4.74 Å². The third-order valence-electron chi connectivity index (χ3n) is 3.82. The molecule has 0 N–H and O–H groups in total. The number of halogens is 3. The lowest BCUT2D eigenvalue weighted by Gasteiger charge is -2.11. The molecule has 0 spiro atoms. The van der Waals surface area contributed by atoms with E-state index in [1.165, 1.54) is 13.2 Å². The quantitative estimate of drug-likeness (QED) is 0.628. The number of carbonyl (C=O) groups excluding carboxylic acids is 1. The summed E-state index contributed by atoms with van der Waals surface area (Å²) in [5.74, 6) is -0.109. The minimum atomic E-state index is -4.50. The van der Waals surface area contributed by atoms with Crippen molar-refractivity contribution in [3.05, 3.63) is 53.7 Å². The van der Waals surface area contributed by atoms with Gasteiger partial charge in [-0.2, -0.15) is 13.2 Å². The molecule has 2 aromatic carbocycles. The average Bonchev–Trinajstić information content (AvgIpc) is 2.66. The number of alkyl halides is 3. The Labute approximate surface area is 152 Å². The van der Waals surface area contributed by atoms with E-state index in [4.69, 9.17) is 9.47 Å². The number of carbonyl (C=O) groups is 1. The van der Waals surface area contributed by atoms with E-state index < -0.39 is 17.7 Å². The highest BCUT2D eigenvalue weighted by atomic mass is 19.4. The Bertz CT molecular complexity index is 986. The fourth-order valence-electron chi connectivity index (χ4n) is 2.52. The predicted molar refractivity (Wildman–Crippen MR) is 92.5 cm³/mol.